The molecule has 104 valence electrons. The molecule has 0 radical (unpaired) electrons. The van der Waals surface area contributed by atoms with Gasteiger partial charge in [-0.3, -0.25) is 4.79 Å². The Morgan fingerprint density at radius 2 is 1.95 bits per heavy atom. The molecule has 0 bridgehead atoms. The summed E-state index contributed by atoms with van der Waals surface area (Å²) < 4.78 is 0.843. The van der Waals surface area contributed by atoms with Crippen LogP contribution in [0.15, 0.2) is 30.3 Å². The second-order valence-electron chi connectivity index (χ2n) is 4.86. The molecule has 0 aliphatic rings. The van der Waals surface area contributed by atoms with Gasteiger partial charge in [0.15, 0.2) is 0 Å². The molecule has 5 heteroatoms. The van der Waals surface area contributed by atoms with E-state index in [1.807, 2.05) is 36.6 Å². The predicted octanol–water partition coefficient (Wildman–Crippen LogP) is 4.61. The van der Waals surface area contributed by atoms with Gasteiger partial charge in [0.05, 0.1) is 5.41 Å². The lowest BCUT2D eigenvalue weighted by molar-refractivity contribution is -0.147. The molecule has 1 atom stereocenters. The first-order valence-corrected chi connectivity index (χ1v) is 8.41. The molecule has 1 aromatic carbocycles. The molecule has 0 saturated heterocycles. The van der Waals surface area contributed by atoms with Crippen molar-refractivity contribution in [1.29, 1.82) is 0 Å². The summed E-state index contributed by atoms with van der Waals surface area (Å²) in [5.74, 6) is -0.774. The summed E-state index contributed by atoms with van der Waals surface area (Å²) in [5.41, 5.74) is 0.361. The van der Waals surface area contributed by atoms with Gasteiger partial charge in [-0.1, -0.05) is 54.3 Å². The molecule has 0 aromatic heterocycles. The largest absolute Gasteiger partial charge is 0.481 e. The quantitative estimate of drug-likeness (QED) is 0.803. The molecule has 0 amide bonds. The molecule has 1 unspecified atom stereocenters. The number of carbonyl (C=O) groups is 1. The van der Waals surface area contributed by atoms with Gasteiger partial charge in [-0.2, -0.15) is 0 Å². The highest BCUT2D eigenvalue weighted by molar-refractivity contribution is 8.47. The predicted molar refractivity (Wildman–Crippen MR) is 88.9 cm³/mol. The minimum absolute atomic E-state index is 0.0762. The molecule has 1 aromatic rings. The lowest BCUT2D eigenvalue weighted by Gasteiger charge is -2.26. The smallest absolute Gasteiger partial charge is 0.309 e. The summed E-state index contributed by atoms with van der Waals surface area (Å²) in [6, 6.07) is 9.95. The van der Waals surface area contributed by atoms with E-state index in [2.05, 4.69) is 0 Å². The van der Waals surface area contributed by atoms with Gasteiger partial charge in [-0.15, -0.1) is 11.8 Å². The minimum Gasteiger partial charge on any atom is -0.481 e. The normalized spacial score (nSPS) is 13.0. The average Bonchev–Trinajstić information content (AvgIpc) is 2.38. The number of carboxylic acid groups (broad SMARTS) is 1. The van der Waals surface area contributed by atoms with E-state index in [-0.39, 0.29) is 5.25 Å². The Morgan fingerprint density at radius 1 is 1.37 bits per heavy atom. The molecular formula is C14H18O2S3. The zero-order valence-electron chi connectivity index (χ0n) is 11.3. The highest BCUT2D eigenvalue weighted by Crippen LogP contribution is 2.41. The van der Waals surface area contributed by atoms with E-state index in [4.69, 9.17) is 12.2 Å². The fourth-order valence-corrected chi connectivity index (χ4v) is 3.72. The maximum atomic E-state index is 11.3. The zero-order chi connectivity index (χ0) is 14.5. The van der Waals surface area contributed by atoms with Crippen LogP contribution in [0.5, 0.6) is 0 Å². The van der Waals surface area contributed by atoms with Crippen molar-refractivity contribution in [2.45, 2.75) is 25.5 Å². The molecule has 0 aliphatic carbocycles. The van der Waals surface area contributed by atoms with Crippen LogP contribution in [0.3, 0.4) is 0 Å². The second-order valence-corrected chi connectivity index (χ2v) is 8.08. The Kier molecular flexibility index (Phi) is 6.36. The van der Waals surface area contributed by atoms with E-state index in [1.165, 1.54) is 11.8 Å². The highest BCUT2D eigenvalue weighted by Gasteiger charge is 2.32. The Morgan fingerprint density at radius 3 is 2.42 bits per heavy atom. The monoisotopic (exact) mass is 314 g/mol. The molecule has 1 N–H and O–H groups in total. The molecule has 1 rings (SSSR count). The van der Waals surface area contributed by atoms with Crippen molar-refractivity contribution in [2.75, 3.05) is 6.26 Å². The van der Waals surface area contributed by atoms with E-state index < -0.39 is 11.4 Å². The van der Waals surface area contributed by atoms with Crippen LogP contribution in [-0.2, 0) is 4.79 Å². The van der Waals surface area contributed by atoms with E-state index in [0.29, 0.717) is 6.42 Å². The third-order valence-electron chi connectivity index (χ3n) is 2.85. The highest BCUT2D eigenvalue weighted by atomic mass is 32.2. The number of thiocarbonyl (C=S) groups is 1. The van der Waals surface area contributed by atoms with Crippen LogP contribution in [0.1, 0.15) is 31.1 Å². The van der Waals surface area contributed by atoms with Gasteiger partial charge in [0.25, 0.3) is 0 Å². The van der Waals surface area contributed by atoms with Crippen molar-refractivity contribution in [3.63, 3.8) is 0 Å². The third-order valence-corrected chi connectivity index (χ3v) is 5.68. The Bertz CT molecular complexity index is 443. The van der Waals surface area contributed by atoms with E-state index in [1.54, 1.807) is 25.6 Å². The molecule has 19 heavy (non-hydrogen) atoms. The molecular weight excluding hydrogens is 296 g/mol. The van der Waals surface area contributed by atoms with Gasteiger partial charge in [0.2, 0.25) is 0 Å². The van der Waals surface area contributed by atoms with Gasteiger partial charge < -0.3 is 5.11 Å². The van der Waals surface area contributed by atoms with E-state index in [9.17, 15) is 9.90 Å². The SMILES string of the molecule is CSC(=S)SC(CC(C)(C)C(=O)O)c1ccccc1. The fourth-order valence-electron chi connectivity index (χ4n) is 1.61. The lowest BCUT2D eigenvalue weighted by atomic mass is 9.86. The summed E-state index contributed by atoms with van der Waals surface area (Å²) in [6.07, 6.45) is 2.50. The first-order chi connectivity index (χ1) is 8.86. The Hall–Kier alpha value is -0.520. The van der Waals surface area contributed by atoms with E-state index >= 15 is 0 Å². The van der Waals surface area contributed by atoms with E-state index in [0.717, 1.165) is 9.09 Å². The average molecular weight is 314 g/mol. The third kappa shape index (κ3) is 5.16. The zero-order valence-corrected chi connectivity index (χ0v) is 13.7. The summed E-state index contributed by atoms with van der Waals surface area (Å²) in [5, 5.41) is 9.36. The maximum Gasteiger partial charge on any atom is 0.309 e. The van der Waals surface area contributed by atoms with Crippen molar-refractivity contribution >= 4 is 45.2 Å². The van der Waals surface area contributed by atoms with Gasteiger partial charge in [-0.05, 0) is 32.1 Å². The Labute approximate surface area is 128 Å². The van der Waals surface area contributed by atoms with Crippen molar-refractivity contribution in [3.8, 4) is 0 Å². The van der Waals surface area contributed by atoms with Crippen molar-refractivity contribution < 1.29 is 9.90 Å². The van der Waals surface area contributed by atoms with Crippen LogP contribution in [-0.4, -0.2) is 20.9 Å². The maximum absolute atomic E-state index is 11.3. The number of aliphatic carboxylic acids is 1. The molecule has 2 nitrogen and oxygen atoms in total. The molecule has 0 saturated carbocycles. The summed E-state index contributed by atoms with van der Waals surface area (Å²) >= 11 is 8.37. The number of hydrogen-bond donors (Lipinski definition) is 1. The second kappa shape index (κ2) is 7.31. The first kappa shape index (κ1) is 16.5. The number of benzene rings is 1. The van der Waals surface area contributed by atoms with Crippen molar-refractivity contribution in [1.82, 2.24) is 0 Å². The minimum atomic E-state index is -0.774. The van der Waals surface area contributed by atoms with Crippen LogP contribution >= 0.6 is 35.7 Å². The van der Waals surface area contributed by atoms with Crippen molar-refractivity contribution in [3.05, 3.63) is 35.9 Å². The van der Waals surface area contributed by atoms with Crippen LogP contribution in [0.25, 0.3) is 0 Å². The number of carboxylic acids is 1. The molecule has 0 heterocycles. The van der Waals surface area contributed by atoms with Gasteiger partial charge in [-0.25, -0.2) is 0 Å². The topological polar surface area (TPSA) is 37.3 Å². The van der Waals surface area contributed by atoms with Crippen LogP contribution in [0.2, 0.25) is 0 Å². The van der Waals surface area contributed by atoms with Gasteiger partial charge in [0, 0.05) is 5.25 Å². The number of thioether (sulfide) groups is 2. The standard InChI is InChI=1S/C14H18O2S3/c1-14(2,12(15)16)9-11(19-13(17)18-3)10-7-5-4-6-8-10/h4-8,11H,9H2,1-3H3,(H,15,16). The van der Waals surface area contributed by atoms with Gasteiger partial charge >= 0.3 is 5.97 Å². The number of rotatable bonds is 5. The molecule has 0 aliphatic heterocycles. The summed E-state index contributed by atoms with van der Waals surface area (Å²) in [4.78, 5) is 11.3. The number of hydrogen-bond acceptors (Lipinski definition) is 4. The van der Waals surface area contributed by atoms with Crippen LogP contribution in [0, 0.1) is 5.41 Å². The molecule has 0 fully saturated rings. The molecule has 0 spiro atoms. The fraction of sp³-hybridized carbons (Fsp3) is 0.429. The van der Waals surface area contributed by atoms with Crippen LogP contribution < -0.4 is 0 Å². The van der Waals surface area contributed by atoms with Crippen LogP contribution in [0.4, 0.5) is 0 Å². The van der Waals surface area contributed by atoms with Gasteiger partial charge in [0.1, 0.15) is 3.53 Å². The summed E-state index contributed by atoms with van der Waals surface area (Å²) in [7, 11) is 0. The van der Waals surface area contributed by atoms with Crippen molar-refractivity contribution in [2.24, 2.45) is 5.41 Å². The first-order valence-electron chi connectivity index (χ1n) is 5.90. The summed E-state index contributed by atoms with van der Waals surface area (Å²) in [6.45, 7) is 3.52. The lowest BCUT2D eigenvalue weighted by Crippen LogP contribution is -2.25. The Balaban J connectivity index is 2.94.